The van der Waals surface area contributed by atoms with E-state index >= 15 is 0 Å². The van der Waals surface area contributed by atoms with E-state index in [0.717, 1.165) is 30.5 Å². The lowest BCUT2D eigenvalue weighted by Crippen LogP contribution is -2.04. The number of aryl methyl sites for hydroxylation is 2. The molecule has 4 heteroatoms. The van der Waals surface area contributed by atoms with E-state index in [0.29, 0.717) is 19.6 Å². The highest BCUT2D eigenvalue weighted by Crippen LogP contribution is 2.21. The number of azo groups is 1. The highest BCUT2D eigenvalue weighted by Gasteiger charge is 2.02. The molecule has 2 aromatic rings. The molecule has 0 atom stereocenters. The second-order valence-corrected chi connectivity index (χ2v) is 6.17. The topological polar surface area (TPSA) is 76.8 Å². The Morgan fingerprint density at radius 2 is 1.42 bits per heavy atom. The maximum Gasteiger partial charge on any atom is 0.0884 e. The predicted molar refractivity (Wildman–Crippen MR) is 101 cm³/mol. The second kappa shape index (κ2) is 9.30. The first kappa shape index (κ1) is 18.3. The van der Waals surface area contributed by atoms with Crippen LogP contribution in [0.15, 0.2) is 46.6 Å². The van der Waals surface area contributed by atoms with Crippen LogP contribution in [0.5, 0.6) is 0 Å². The van der Waals surface area contributed by atoms with Gasteiger partial charge in [-0.05, 0) is 80.1 Å². The van der Waals surface area contributed by atoms with Crippen LogP contribution < -0.4 is 11.5 Å². The zero-order valence-corrected chi connectivity index (χ0v) is 14.8. The molecule has 0 saturated heterocycles. The quantitative estimate of drug-likeness (QED) is 0.727. The van der Waals surface area contributed by atoms with Gasteiger partial charge in [-0.25, -0.2) is 0 Å². The van der Waals surface area contributed by atoms with Crippen LogP contribution >= 0.6 is 0 Å². The molecule has 0 aliphatic rings. The number of rotatable bonds is 8. The molecule has 0 radical (unpaired) electrons. The molecule has 0 fully saturated rings. The van der Waals surface area contributed by atoms with E-state index in [4.69, 9.17) is 11.5 Å². The lowest BCUT2D eigenvalue weighted by molar-refractivity contribution is 0.887. The average molecular weight is 324 g/mol. The van der Waals surface area contributed by atoms with Gasteiger partial charge < -0.3 is 11.5 Å². The van der Waals surface area contributed by atoms with Gasteiger partial charge >= 0.3 is 0 Å². The maximum absolute atomic E-state index is 5.64. The van der Waals surface area contributed by atoms with Crippen molar-refractivity contribution in [3.8, 4) is 0 Å². The first-order chi connectivity index (χ1) is 11.6. The minimum Gasteiger partial charge on any atom is -0.330 e. The Hall–Kier alpha value is -2.04. The van der Waals surface area contributed by atoms with Crippen LogP contribution in [0.25, 0.3) is 0 Å². The summed E-state index contributed by atoms with van der Waals surface area (Å²) in [6.07, 6.45) is 2.69. The predicted octanol–water partition coefficient (Wildman–Crippen LogP) is 3.63. The average Bonchev–Trinajstić information content (AvgIpc) is 2.57. The van der Waals surface area contributed by atoms with E-state index < -0.39 is 0 Å². The Bertz CT molecular complexity index is 692. The summed E-state index contributed by atoms with van der Waals surface area (Å²) in [5.74, 6) is 0. The molecule has 0 aliphatic heterocycles. The van der Waals surface area contributed by atoms with Gasteiger partial charge in [0.1, 0.15) is 0 Å². The Morgan fingerprint density at radius 1 is 0.792 bits per heavy atom. The fourth-order valence-electron chi connectivity index (χ4n) is 2.70. The first-order valence-corrected chi connectivity index (χ1v) is 8.59. The van der Waals surface area contributed by atoms with Crippen LogP contribution in [-0.4, -0.2) is 19.6 Å². The van der Waals surface area contributed by atoms with Crippen molar-refractivity contribution < 1.29 is 0 Å². The van der Waals surface area contributed by atoms with Crippen molar-refractivity contribution in [1.29, 1.82) is 0 Å². The molecular weight excluding hydrogens is 296 g/mol. The van der Waals surface area contributed by atoms with Crippen molar-refractivity contribution in [1.82, 2.24) is 0 Å². The third-order valence-electron chi connectivity index (χ3n) is 4.21. The molecule has 24 heavy (non-hydrogen) atoms. The summed E-state index contributed by atoms with van der Waals surface area (Å²) in [7, 11) is 0. The van der Waals surface area contributed by atoms with Crippen LogP contribution in [0, 0.1) is 13.8 Å². The Balaban J connectivity index is 2.00. The Labute approximate surface area is 145 Å². The number of hydrogen-bond donors (Lipinski definition) is 2. The largest absolute Gasteiger partial charge is 0.330 e. The van der Waals surface area contributed by atoms with Gasteiger partial charge in [-0.2, -0.15) is 10.2 Å². The van der Waals surface area contributed by atoms with Crippen molar-refractivity contribution in [2.75, 3.05) is 19.6 Å². The smallest absolute Gasteiger partial charge is 0.0884 e. The summed E-state index contributed by atoms with van der Waals surface area (Å²) in [6, 6.07) is 12.8. The van der Waals surface area contributed by atoms with Gasteiger partial charge in [0.2, 0.25) is 0 Å². The van der Waals surface area contributed by atoms with Crippen LogP contribution in [0.1, 0.15) is 27.8 Å². The monoisotopic (exact) mass is 324 g/mol. The highest BCUT2D eigenvalue weighted by molar-refractivity contribution is 5.47. The van der Waals surface area contributed by atoms with E-state index in [2.05, 4.69) is 60.5 Å². The van der Waals surface area contributed by atoms with Crippen molar-refractivity contribution in [3.05, 3.63) is 64.2 Å². The van der Waals surface area contributed by atoms with Crippen LogP contribution in [0.4, 0.5) is 5.69 Å². The Kier molecular flexibility index (Phi) is 7.09. The van der Waals surface area contributed by atoms with Gasteiger partial charge in [0.05, 0.1) is 12.2 Å². The molecular formula is C20H28N4. The van der Waals surface area contributed by atoms with E-state index in [-0.39, 0.29) is 0 Å². The van der Waals surface area contributed by atoms with Crippen LogP contribution in [-0.2, 0) is 19.3 Å². The van der Waals surface area contributed by atoms with Gasteiger partial charge in [-0.1, -0.05) is 30.3 Å². The molecule has 0 aromatic heterocycles. The van der Waals surface area contributed by atoms with Crippen molar-refractivity contribution in [2.24, 2.45) is 21.7 Å². The molecule has 4 nitrogen and oxygen atoms in total. The minimum atomic E-state index is 0.651. The van der Waals surface area contributed by atoms with Crippen LogP contribution in [0.3, 0.4) is 0 Å². The van der Waals surface area contributed by atoms with E-state index in [1.54, 1.807) is 0 Å². The molecule has 4 N–H and O–H groups in total. The molecule has 0 saturated carbocycles. The maximum atomic E-state index is 5.64. The van der Waals surface area contributed by atoms with Gasteiger partial charge in [0.25, 0.3) is 0 Å². The van der Waals surface area contributed by atoms with E-state index in [1.165, 1.54) is 22.3 Å². The van der Waals surface area contributed by atoms with Crippen molar-refractivity contribution >= 4 is 5.69 Å². The van der Waals surface area contributed by atoms with E-state index in [1.807, 2.05) is 0 Å². The minimum absolute atomic E-state index is 0.651. The zero-order valence-electron chi connectivity index (χ0n) is 14.8. The third kappa shape index (κ3) is 5.25. The zero-order chi connectivity index (χ0) is 17.4. The van der Waals surface area contributed by atoms with Gasteiger partial charge in [-0.3, -0.25) is 0 Å². The summed E-state index contributed by atoms with van der Waals surface area (Å²) in [4.78, 5) is 0. The number of nitrogens with two attached hydrogens (primary N) is 2. The number of nitrogens with zero attached hydrogens (tertiary/aromatic N) is 2. The number of hydrogen-bond acceptors (Lipinski definition) is 4. The fraction of sp³-hybridized carbons (Fsp3) is 0.400. The molecule has 0 amide bonds. The fourth-order valence-corrected chi connectivity index (χ4v) is 2.70. The molecule has 2 rings (SSSR count). The third-order valence-corrected chi connectivity index (χ3v) is 4.21. The Morgan fingerprint density at radius 3 is 2.08 bits per heavy atom. The molecule has 0 unspecified atom stereocenters. The molecule has 2 aromatic carbocycles. The highest BCUT2D eigenvalue weighted by atomic mass is 15.1. The van der Waals surface area contributed by atoms with Gasteiger partial charge in [0.15, 0.2) is 0 Å². The van der Waals surface area contributed by atoms with Crippen molar-refractivity contribution in [2.45, 2.75) is 33.1 Å². The van der Waals surface area contributed by atoms with E-state index in [9.17, 15) is 0 Å². The first-order valence-electron chi connectivity index (χ1n) is 8.59. The van der Waals surface area contributed by atoms with Gasteiger partial charge in [0, 0.05) is 0 Å². The normalized spacial score (nSPS) is 11.3. The molecule has 0 aliphatic carbocycles. The SMILES string of the molecule is Cc1ccc(CCN)cc1CC/N=N/c1cc(CCN)ccc1C. The summed E-state index contributed by atoms with van der Waals surface area (Å²) in [6.45, 7) is 6.21. The molecule has 0 bridgehead atoms. The second-order valence-electron chi connectivity index (χ2n) is 6.17. The molecule has 0 spiro atoms. The van der Waals surface area contributed by atoms with Gasteiger partial charge in [-0.15, -0.1) is 0 Å². The molecule has 0 heterocycles. The molecule has 128 valence electrons. The standard InChI is InChI=1S/C20H28N4/c1-15-3-5-17(7-10-21)13-19(15)9-12-23-24-20-14-18(8-11-22)6-4-16(20)2/h3-6,13-14H,7-12,21-22H2,1-2H3/b24-23+. The summed E-state index contributed by atoms with van der Waals surface area (Å²) in [5, 5.41) is 8.80. The number of benzene rings is 2. The summed E-state index contributed by atoms with van der Waals surface area (Å²) < 4.78 is 0. The summed E-state index contributed by atoms with van der Waals surface area (Å²) >= 11 is 0. The summed E-state index contributed by atoms with van der Waals surface area (Å²) in [5.41, 5.74) is 18.5. The lowest BCUT2D eigenvalue weighted by Gasteiger charge is -2.07. The van der Waals surface area contributed by atoms with Crippen LogP contribution in [0.2, 0.25) is 0 Å². The lowest BCUT2D eigenvalue weighted by atomic mass is 10.0. The van der Waals surface area contributed by atoms with Crippen molar-refractivity contribution in [3.63, 3.8) is 0 Å².